The molecule has 0 bridgehead atoms. The Balaban J connectivity index is 2.88. The van der Waals surface area contributed by atoms with Gasteiger partial charge in [-0.1, -0.05) is 34.6 Å². The SMILES string of the molecule is CCc1coc(C(CC(C)C)N(CC)CC)c1. The molecule has 0 aliphatic heterocycles. The van der Waals surface area contributed by atoms with Crippen LogP contribution in [-0.2, 0) is 6.42 Å². The lowest BCUT2D eigenvalue weighted by atomic mass is 9.99. The van der Waals surface area contributed by atoms with Crippen LogP contribution in [0, 0.1) is 5.92 Å². The molecule has 0 aromatic carbocycles. The molecular formula is C15H27NO. The third-order valence-corrected chi connectivity index (χ3v) is 3.36. The van der Waals surface area contributed by atoms with Gasteiger partial charge in [-0.2, -0.15) is 0 Å². The van der Waals surface area contributed by atoms with E-state index in [-0.39, 0.29) is 0 Å². The van der Waals surface area contributed by atoms with Crippen LogP contribution in [0.4, 0.5) is 0 Å². The van der Waals surface area contributed by atoms with Gasteiger partial charge in [-0.3, -0.25) is 4.90 Å². The van der Waals surface area contributed by atoms with Gasteiger partial charge in [0, 0.05) is 0 Å². The van der Waals surface area contributed by atoms with E-state index in [2.05, 4.69) is 45.6 Å². The van der Waals surface area contributed by atoms with Gasteiger partial charge in [-0.25, -0.2) is 0 Å². The Morgan fingerprint density at radius 3 is 2.24 bits per heavy atom. The standard InChI is InChI=1S/C15H27NO/c1-6-13-10-15(17-11-13)14(9-12(4)5)16(7-2)8-3/h10-12,14H,6-9H2,1-5H3. The number of nitrogens with zero attached hydrogens (tertiary/aromatic N) is 1. The Kier molecular flexibility index (Phi) is 5.76. The van der Waals surface area contributed by atoms with Gasteiger partial charge in [-0.05, 0) is 43.5 Å². The highest BCUT2D eigenvalue weighted by Gasteiger charge is 2.22. The Labute approximate surface area is 106 Å². The van der Waals surface area contributed by atoms with E-state index in [0.29, 0.717) is 12.0 Å². The molecule has 1 heterocycles. The minimum absolute atomic E-state index is 0.435. The van der Waals surface area contributed by atoms with E-state index < -0.39 is 0 Å². The summed E-state index contributed by atoms with van der Waals surface area (Å²) in [6.07, 6.45) is 4.13. The molecule has 2 nitrogen and oxygen atoms in total. The lowest BCUT2D eigenvalue weighted by Gasteiger charge is -2.29. The predicted octanol–water partition coefficient (Wildman–Crippen LogP) is 4.27. The second kappa shape index (κ2) is 6.85. The summed E-state index contributed by atoms with van der Waals surface area (Å²) in [7, 11) is 0. The summed E-state index contributed by atoms with van der Waals surface area (Å²) in [4.78, 5) is 2.48. The van der Waals surface area contributed by atoms with Crippen LogP contribution in [-0.4, -0.2) is 18.0 Å². The Morgan fingerprint density at radius 1 is 1.18 bits per heavy atom. The molecule has 1 aromatic heterocycles. The number of rotatable bonds is 7. The van der Waals surface area contributed by atoms with Gasteiger partial charge in [0.05, 0.1) is 12.3 Å². The molecule has 0 spiro atoms. The quantitative estimate of drug-likeness (QED) is 0.704. The molecule has 0 saturated carbocycles. The topological polar surface area (TPSA) is 16.4 Å². The molecule has 17 heavy (non-hydrogen) atoms. The van der Waals surface area contributed by atoms with Gasteiger partial charge in [0.2, 0.25) is 0 Å². The van der Waals surface area contributed by atoms with Gasteiger partial charge in [0.15, 0.2) is 0 Å². The third-order valence-electron chi connectivity index (χ3n) is 3.36. The number of furan rings is 1. The van der Waals surface area contributed by atoms with Crippen molar-refractivity contribution in [2.75, 3.05) is 13.1 Å². The summed E-state index contributed by atoms with van der Waals surface area (Å²) in [5, 5.41) is 0. The fourth-order valence-corrected chi connectivity index (χ4v) is 2.31. The molecule has 1 atom stereocenters. The maximum absolute atomic E-state index is 5.76. The molecule has 0 N–H and O–H groups in total. The average molecular weight is 237 g/mol. The third kappa shape index (κ3) is 3.88. The summed E-state index contributed by atoms with van der Waals surface area (Å²) in [6.45, 7) is 13.3. The van der Waals surface area contributed by atoms with Gasteiger partial charge >= 0.3 is 0 Å². The number of hydrogen-bond donors (Lipinski definition) is 0. The molecule has 0 fully saturated rings. The molecule has 0 amide bonds. The molecule has 1 aromatic rings. The normalized spacial score (nSPS) is 13.6. The van der Waals surface area contributed by atoms with Gasteiger partial charge in [0.1, 0.15) is 5.76 Å². The Morgan fingerprint density at radius 2 is 1.82 bits per heavy atom. The van der Waals surface area contributed by atoms with Crippen LogP contribution in [0.25, 0.3) is 0 Å². The first-order valence-electron chi connectivity index (χ1n) is 6.93. The molecule has 98 valence electrons. The van der Waals surface area contributed by atoms with Crippen LogP contribution < -0.4 is 0 Å². The van der Waals surface area contributed by atoms with Crippen LogP contribution >= 0.6 is 0 Å². The maximum Gasteiger partial charge on any atom is 0.121 e. The summed E-state index contributed by atoms with van der Waals surface area (Å²) < 4.78 is 5.76. The van der Waals surface area contributed by atoms with Crippen molar-refractivity contribution >= 4 is 0 Å². The van der Waals surface area contributed by atoms with Crippen LogP contribution in [0.1, 0.15) is 58.4 Å². The van der Waals surface area contributed by atoms with Crippen LogP contribution in [0.15, 0.2) is 16.7 Å². The van der Waals surface area contributed by atoms with Crippen molar-refractivity contribution in [3.63, 3.8) is 0 Å². The van der Waals surface area contributed by atoms with E-state index in [4.69, 9.17) is 4.42 Å². The fraction of sp³-hybridized carbons (Fsp3) is 0.733. The van der Waals surface area contributed by atoms with Gasteiger partial charge < -0.3 is 4.42 Å². The van der Waals surface area contributed by atoms with Crippen molar-refractivity contribution < 1.29 is 4.42 Å². The molecule has 0 radical (unpaired) electrons. The molecule has 1 unspecified atom stereocenters. The van der Waals surface area contributed by atoms with E-state index in [1.807, 2.05) is 6.26 Å². The van der Waals surface area contributed by atoms with Crippen molar-refractivity contribution in [1.29, 1.82) is 0 Å². The molecule has 0 saturated heterocycles. The van der Waals surface area contributed by atoms with Crippen LogP contribution in [0.2, 0.25) is 0 Å². The van der Waals surface area contributed by atoms with Crippen molar-refractivity contribution in [3.8, 4) is 0 Å². The van der Waals surface area contributed by atoms with Crippen molar-refractivity contribution in [2.24, 2.45) is 5.92 Å². The minimum Gasteiger partial charge on any atom is -0.467 e. The zero-order valence-corrected chi connectivity index (χ0v) is 12.0. The smallest absolute Gasteiger partial charge is 0.121 e. The highest BCUT2D eigenvalue weighted by molar-refractivity contribution is 5.15. The van der Waals surface area contributed by atoms with Gasteiger partial charge in [0.25, 0.3) is 0 Å². The molecular weight excluding hydrogens is 210 g/mol. The average Bonchev–Trinajstić information content (AvgIpc) is 2.77. The second-order valence-electron chi connectivity index (χ2n) is 5.08. The summed E-state index contributed by atoms with van der Waals surface area (Å²) in [5.74, 6) is 1.83. The van der Waals surface area contributed by atoms with E-state index in [0.717, 1.165) is 25.3 Å². The molecule has 2 heteroatoms. The number of hydrogen-bond acceptors (Lipinski definition) is 2. The largest absolute Gasteiger partial charge is 0.467 e. The van der Waals surface area contributed by atoms with Crippen LogP contribution in [0.3, 0.4) is 0 Å². The predicted molar refractivity (Wildman–Crippen MR) is 73.2 cm³/mol. The highest BCUT2D eigenvalue weighted by atomic mass is 16.3. The molecule has 1 rings (SSSR count). The second-order valence-corrected chi connectivity index (χ2v) is 5.08. The fourth-order valence-electron chi connectivity index (χ4n) is 2.31. The number of aryl methyl sites for hydroxylation is 1. The van der Waals surface area contributed by atoms with Crippen molar-refractivity contribution in [1.82, 2.24) is 4.90 Å². The monoisotopic (exact) mass is 237 g/mol. The lowest BCUT2D eigenvalue weighted by molar-refractivity contribution is 0.168. The summed E-state index contributed by atoms with van der Waals surface area (Å²) in [5.41, 5.74) is 1.31. The lowest BCUT2D eigenvalue weighted by Crippen LogP contribution is -2.29. The van der Waals surface area contributed by atoms with E-state index >= 15 is 0 Å². The van der Waals surface area contributed by atoms with Crippen molar-refractivity contribution in [3.05, 3.63) is 23.7 Å². The van der Waals surface area contributed by atoms with E-state index in [1.54, 1.807) is 0 Å². The van der Waals surface area contributed by atoms with Crippen molar-refractivity contribution in [2.45, 2.75) is 53.5 Å². The van der Waals surface area contributed by atoms with Crippen LogP contribution in [0.5, 0.6) is 0 Å². The van der Waals surface area contributed by atoms with Gasteiger partial charge in [-0.15, -0.1) is 0 Å². The molecule has 0 aliphatic carbocycles. The zero-order valence-electron chi connectivity index (χ0n) is 12.0. The maximum atomic E-state index is 5.76. The summed E-state index contributed by atoms with van der Waals surface area (Å²) >= 11 is 0. The first kappa shape index (κ1) is 14.3. The first-order chi connectivity index (χ1) is 8.12. The van der Waals surface area contributed by atoms with E-state index in [9.17, 15) is 0 Å². The first-order valence-corrected chi connectivity index (χ1v) is 6.93. The minimum atomic E-state index is 0.435. The Bertz CT molecular complexity index is 312. The zero-order chi connectivity index (χ0) is 12.8. The Hall–Kier alpha value is -0.760. The van der Waals surface area contributed by atoms with E-state index in [1.165, 1.54) is 12.0 Å². The molecule has 0 aliphatic rings. The summed E-state index contributed by atoms with van der Waals surface area (Å²) in [6, 6.07) is 2.66. The highest BCUT2D eigenvalue weighted by Crippen LogP contribution is 2.29.